The number of nitrogens with one attached hydrogen (secondary N) is 3. The summed E-state index contributed by atoms with van der Waals surface area (Å²) < 4.78 is 38.5. The third kappa shape index (κ3) is 6.72. The Morgan fingerprint density at radius 3 is 2.21 bits per heavy atom. The van der Waals surface area contributed by atoms with Crippen molar-refractivity contribution in [3.63, 3.8) is 0 Å². The van der Waals surface area contributed by atoms with Crippen LogP contribution in [-0.4, -0.2) is 33.4 Å². The van der Waals surface area contributed by atoms with Crippen molar-refractivity contribution in [2.24, 2.45) is 0 Å². The van der Waals surface area contributed by atoms with Crippen molar-refractivity contribution >= 4 is 27.5 Å². The summed E-state index contributed by atoms with van der Waals surface area (Å²) >= 11 is 0. The highest BCUT2D eigenvalue weighted by Gasteiger charge is 2.15. The van der Waals surface area contributed by atoms with Gasteiger partial charge in [-0.2, -0.15) is 0 Å². The van der Waals surface area contributed by atoms with Gasteiger partial charge in [-0.25, -0.2) is 8.42 Å². The highest BCUT2D eigenvalue weighted by Crippen LogP contribution is 2.26. The van der Waals surface area contributed by atoms with E-state index in [9.17, 15) is 18.0 Å². The van der Waals surface area contributed by atoms with Crippen LogP contribution in [0.2, 0.25) is 0 Å². The minimum Gasteiger partial charge on any atom is -0.490 e. The Labute approximate surface area is 198 Å². The summed E-state index contributed by atoms with van der Waals surface area (Å²) in [7, 11) is -3.82. The van der Waals surface area contributed by atoms with Crippen molar-refractivity contribution in [1.82, 2.24) is 10.9 Å². The number of para-hydroxylation sites is 2. The Morgan fingerprint density at radius 2 is 1.53 bits per heavy atom. The fraction of sp³-hybridized carbons (Fsp3) is 0.167. The molecule has 0 saturated carbocycles. The van der Waals surface area contributed by atoms with Gasteiger partial charge in [0.1, 0.15) is 0 Å². The molecular formula is C24H25N3O6S. The van der Waals surface area contributed by atoms with Crippen LogP contribution in [0.3, 0.4) is 0 Å². The smallest absolute Gasteiger partial charge is 0.276 e. The highest BCUT2D eigenvalue weighted by molar-refractivity contribution is 7.92. The Balaban J connectivity index is 1.56. The molecule has 0 atom stereocenters. The summed E-state index contributed by atoms with van der Waals surface area (Å²) in [4.78, 5) is 24.6. The van der Waals surface area contributed by atoms with Crippen LogP contribution < -0.4 is 25.0 Å². The molecule has 10 heteroatoms. The average Bonchev–Trinajstić information content (AvgIpc) is 2.82. The molecule has 0 spiro atoms. The van der Waals surface area contributed by atoms with Crippen LogP contribution in [0.4, 0.5) is 5.69 Å². The third-order valence-corrected chi connectivity index (χ3v) is 5.93. The number of hydrogen-bond donors (Lipinski definition) is 3. The number of hydrogen-bond acceptors (Lipinski definition) is 6. The zero-order valence-corrected chi connectivity index (χ0v) is 19.5. The monoisotopic (exact) mass is 483 g/mol. The van der Waals surface area contributed by atoms with Gasteiger partial charge in [0.15, 0.2) is 18.1 Å². The molecule has 2 amide bonds. The lowest BCUT2D eigenvalue weighted by Gasteiger charge is -2.12. The first-order valence-corrected chi connectivity index (χ1v) is 11.9. The van der Waals surface area contributed by atoms with E-state index >= 15 is 0 Å². The molecule has 0 fully saturated rings. The second-order valence-electron chi connectivity index (χ2n) is 7.17. The fourth-order valence-corrected chi connectivity index (χ4v) is 3.93. The van der Waals surface area contributed by atoms with Crippen LogP contribution in [0.25, 0.3) is 0 Å². The number of sulfonamides is 1. The summed E-state index contributed by atoms with van der Waals surface area (Å²) in [6.45, 7) is 3.79. The number of amides is 2. The van der Waals surface area contributed by atoms with Gasteiger partial charge in [0, 0.05) is 11.3 Å². The van der Waals surface area contributed by atoms with Crippen LogP contribution in [0.5, 0.6) is 11.5 Å². The van der Waals surface area contributed by atoms with Crippen LogP contribution in [0.1, 0.15) is 22.8 Å². The molecule has 9 nitrogen and oxygen atoms in total. The lowest BCUT2D eigenvalue weighted by Crippen LogP contribution is -2.43. The van der Waals surface area contributed by atoms with E-state index in [0.717, 1.165) is 5.56 Å². The second kappa shape index (κ2) is 11.2. The molecule has 0 heterocycles. The lowest BCUT2D eigenvalue weighted by molar-refractivity contribution is -0.123. The molecule has 0 saturated heterocycles. The van der Waals surface area contributed by atoms with Crippen molar-refractivity contribution in [3.05, 3.63) is 83.9 Å². The van der Waals surface area contributed by atoms with Crippen molar-refractivity contribution < 1.29 is 27.5 Å². The quantitative estimate of drug-likeness (QED) is 0.402. The molecule has 34 heavy (non-hydrogen) atoms. The number of ether oxygens (including phenoxy) is 2. The molecule has 3 N–H and O–H groups in total. The molecule has 0 aliphatic carbocycles. The largest absolute Gasteiger partial charge is 0.490 e. The summed E-state index contributed by atoms with van der Waals surface area (Å²) in [5.74, 6) is -0.304. The van der Waals surface area contributed by atoms with Crippen LogP contribution in [0.15, 0.2) is 77.7 Å². The van der Waals surface area contributed by atoms with Gasteiger partial charge < -0.3 is 9.47 Å². The van der Waals surface area contributed by atoms with Gasteiger partial charge in [-0.15, -0.1) is 0 Å². The van der Waals surface area contributed by atoms with Gasteiger partial charge in [-0.1, -0.05) is 35.9 Å². The number of rotatable bonds is 9. The fourth-order valence-electron chi connectivity index (χ4n) is 2.88. The van der Waals surface area contributed by atoms with E-state index in [2.05, 4.69) is 15.6 Å². The molecule has 0 aromatic heterocycles. The number of hydrazine groups is 1. The third-order valence-electron chi connectivity index (χ3n) is 4.53. The maximum absolute atomic E-state index is 12.6. The van der Waals surface area contributed by atoms with Crippen LogP contribution in [0, 0.1) is 6.92 Å². The van der Waals surface area contributed by atoms with Gasteiger partial charge in [0.05, 0.1) is 11.5 Å². The normalized spacial score (nSPS) is 10.8. The summed E-state index contributed by atoms with van der Waals surface area (Å²) in [6, 6.07) is 19.2. The molecule has 3 aromatic carbocycles. The maximum Gasteiger partial charge on any atom is 0.276 e. The summed E-state index contributed by atoms with van der Waals surface area (Å²) in [6.07, 6.45) is 0. The van der Waals surface area contributed by atoms with Crippen LogP contribution >= 0.6 is 0 Å². The van der Waals surface area contributed by atoms with E-state index in [-0.39, 0.29) is 22.8 Å². The minimum absolute atomic E-state index is 0.103. The van der Waals surface area contributed by atoms with Gasteiger partial charge in [-0.3, -0.25) is 25.2 Å². The van der Waals surface area contributed by atoms with E-state index in [1.54, 1.807) is 36.4 Å². The molecule has 178 valence electrons. The van der Waals surface area contributed by atoms with Crippen molar-refractivity contribution in [1.29, 1.82) is 0 Å². The first kappa shape index (κ1) is 24.6. The molecule has 0 radical (unpaired) electrons. The Morgan fingerprint density at radius 1 is 0.853 bits per heavy atom. The highest BCUT2D eigenvalue weighted by atomic mass is 32.2. The van der Waals surface area contributed by atoms with Crippen molar-refractivity contribution in [3.8, 4) is 11.5 Å². The van der Waals surface area contributed by atoms with Gasteiger partial charge in [-0.05, 0) is 56.3 Å². The number of benzene rings is 3. The number of anilines is 1. The minimum atomic E-state index is -3.82. The van der Waals surface area contributed by atoms with E-state index in [1.165, 1.54) is 36.4 Å². The molecule has 0 bridgehead atoms. The first-order chi connectivity index (χ1) is 16.3. The maximum atomic E-state index is 12.6. The predicted octanol–water partition coefficient (Wildman–Crippen LogP) is 3.03. The van der Waals surface area contributed by atoms with Crippen molar-refractivity contribution in [2.75, 3.05) is 17.9 Å². The first-order valence-electron chi connectivity index (χ1n) is 10.4. The van der Waals surface area contributed by atoms with Crippen LogP contribution in [-0.2, 0) is 14.8 Å². The number of aryl methyl sites for hydroxylation is 1. The summed E-state index contributed by atoms with van der Waals surface area (Å²) in [5, 5.41) is 0. The zero-order chi connectivity index (χ0) is 24.6. The Bertz CT molecular complexity index is 1260. The molecule has 3 aromatic rings. The van der Waals surface area contributed by atoms with Crippen molar-refractivity contribution in [2.45, 2.75) is 18.7 Å². The zero-order valence-electron chi connectivity index (χ0n) is 18.7. The number of carbonyl (C=O) groups is 2. The molecule has 0 aliphatic rings. The van der Waals surface area contributed by atoms with E-state index in [1.807, 2.05) is 13.8 Å². The lowest BCUT2D eigenvalue weighted by atomic mass is 10.2. The SMILES string of the molecule is CCOc1ccccc1OCC(=O)NNC(=O)c1cccc(NS(=O)(=O)c2ccc(C)cc2)c1. The van der Waals surface area contributed by atoms with Gasteiger partial charge >= 0.3 is 0 Å². The van der Waals surface area contributed by atoms with Gasteiger partial charge in [0.2, 0.25) is 0 Å². The molecular weight excluding hydrogens is 458 g/mol. The van der Waals surface area contributed by atoms with E-state index in [4.69, 9.17) is 9.47 Å². The standard InChI is InChI=1S/C24H25N3O6S/c1-3-32-21-9-4-5-10-22(21)33-16-23(28)25-26-24(29)18-7-6-8-19(15-18)27-34(30,31)20-13-11-17(2)12-14-20/h4-15,27H,3,16H2,1-2H3,(H,25,28)(H,26,29). The van der Waals surface area contributed by atoms with E-state index < -0.39 is 21.8 Å². The molecule has 0 aliphatic heterocycles. The molecule has 3 rings (SSSR count). The Hall–Kier alpha value is -4.05. The second-order valence-corrected chi connectivity index (χ2v) is 8.85. The van der Waals surface area contributed by atoms with E-state index in [0.29, 0.717) is 18.1 Å². The predicted molar refractivity (Wildman–Crippen MR) is 127 cm³/mol. The Kier molecular flexibility index (Phi) is 8.10. The average molecular weight is 484 g/mol. The molecule has 0 unspecified atom stereocenters. The topological polar surface area (TPSA) is 123 Å². The number of carbonyl (C=O) groups excluding carboxylic acids is 2. The van der Waals surface area contributed by atoms with Gasteiger partial charge in [0.25, 0.3) is 21.8 Å². The summed E-state index contributed by atoms with van der Waals surface area (Å²) in [5.41, 5.74) is 5.82.